The fourth-order valence-corrected chi connectivity index (χ4v) is 8.07. The lowest BCUT2D eigenvalue weighted by molar-refractivity contribution is -0.139. The molecule has 0 aromatic heterocycles. The molecule has 1 saturated carbocycles. The molecule has 9 nitrogen and oxygen atoms in total. The number of ether oxygens (including phenoxy) is 6. The first-order chi connectivity index (χ1) is 29.4. The minimum absolute atomic E-state index is 0.261. The molecule has 0 aliphatic heterocycles. The van der Waals surface area contributed by atoms with Crippen LogP contribution in [-0.4, -0.2) is 68.9 Å². The molecule has 0 atom stereocenters. The Kier molecular flexibility index (Phi) is 27.4. The van der Waals surface area contributed by atoms with E-state index in [0.29, 0.717) is 43.5 Å². The summed E-state index contributed by atoms with van der Waals surface area (Å²) in [5.41, 5.74) is 2.93. The standard InChI is InChI=1S/C50H70O9S/c1-4-48(51)57-36-20-16-10-8-6-7-9-14-18-34-55-44-28-30-47(31-29-44)60-40-42-21-25-45(26-22-42)59-50(53)32-24-43-23-27-46(39-41(43)3)56-35-19-15-12-11-13-17-33-54-37-38-58-49(52)5-2/h4-5,21-23,25-27,39,44,47H,1-2,6-20,28-31,33-38,40H2,3H3. The molecular formula is C50H70O9S. The largest absolute Gasteiger partial charge is 0.494 e. The summed E-state index contributed by atoms with van der Waals surface area (Å²) in [7, 11) is 0. The van der Waals surface area contributed by atoms with Gasteiger partial charge in [0.1, 0.15) is 18.1 Å². The van der Waals surface area contributed by atoms with Crippen LogP contribution in [0.1, 0.15) is 139 Å². The van der Waals surface area contributed by atoms with Crippen molar-refractivity contribution in [3.05, 3.63) is 84.5 Å². The monoisotopic (exact) mass is 846 g/mol. The van der Waals surface area contributed by atoms with Crippen LogP contribution in [0.4, 0.5) is 0 Å². The Labute approximate surface area is 364 Å². The van der Waals surface area contributed by atoms with Crippen LogP contribution in [0, 0.1) is 18.8 Å². The molecule has 0 unspecified atom stereocenters. The summed E-state index contributed by atoms with van der Waals surface area (Å²) >= 11 is 2.01. The van der Waals surface area contributed by atoms with E-state index in [9.17, 15) is 14.4 Å². The normalized spacial score (nSPS) is 14.7. The molecule has 0 amide bonds. The van der Waals surface area contributed by atoms with Crippen LogP contribution in [0.15, 0.2) is 67.8 Å². The SMILES string of the molecule is C=CC(=O)OCCCCCCCCCCCOC1CCC(SCc2ccc(OC(=O)C#Cc3ccc(OCCCCCCCCOCCOC(=O)C=C)cc3C)cc2)CC1. The van der Waals surface area contributed by atoms with E-state index in [0.717, 1.165) is 106 Å². The number of benzene rings is 2. The number of carbonyl (C=O) groups is 3. The predicted octanol–water partition coefficient (Wildman–Crippen LogP) is 11.2. The summed E-state index contributed by atoms with van der Waals surface area (Å²) in [4.78, 5) is 34.5. The van der Waals surface area contributed by atoms with Crippen LogP contribution in [0.5, 0.6) is 11.5 Å². The van der Waals surface area contributed by atoms with Crippen LogP contribution in [0.2, 0.25) is 0 Å². The number of hydrogen-bond acceptors (Lipinski definition) is 10. The number of thioether (sulfide) groups is 1. The lowest BCUT2D eigenvalue weighted by atomic mass is 9.97. The maximum Gasteiger partial charge on any atom is 0.390 e. The first-order valence-corrected chi connectivity index (χ1v) is 23.4. The van der Waals surface area contributed by atoms with Crippen molar-refractivity contribution in [3.63, 3.8) is 0 Å². The first-order valence-electron chi connectivity index (χ1n) is 22.3. The number of hydrogen-bond donors (Lipinski definition) is 0. The average Bonchev–Trinajstić information content (AvgIpc) is 3.26. The maximum atomic E-state index is 12.5. The van der Waals surface area contributed by atoms with Crippen LogP contribution in [-0.2, 0) is 39.1 Å². The highest BCUT2D eigenvalue weighted by atomic mass is 32.2. The van der Waals surface area contributed by atoms with Gasteiger partial charge in [-0.1, -0.05) is 102 Å². The fraction of sp³-hybridized carbons (Fsp3) is 0.580. The van der Waals surface area contributed by atoms with Crippen LogP contribution >= 0.6 is 11.8 Å². The van der Waals surface area contributed by atoms with Crippen molar-refractivity contribution in [2.24, 2.45) is 0 Å². The molecular weight excluding hydrogens is 777 g/mol. The second-order valence-electron chi connectivity index (χ2n) is 15.3. The van der Waals surface area contributed by atoms with E-state index in [-0.39, 0.29) is 12.6 Å². The molecule has 2 aromatic carbocycles. The minimum atomic E-state index is -0.583. The van der Waals surface area contributed by atoms with Crippen molar-refractivity contribution in [1.29, 1.82) is 0 Å². The lowest BCUT2D eigenvalue weighted by Crippen LogP contribution is -2.23. The maximum absolute atomic E-state index is 12.5. The van der Waals surface area contributed by atoms with E-state index in [1.807, 2.05) is 61.2 Å². The van der Waals surface area contributed by atoms with Crippen molar-refractivity contribution in [2.45, 2.75) is 146 Å². The molecule has 0 N–H and O–H groups in total. The molecule has 0 saturated heterocycles. The van der Waals surface area contributed by atoms with E-state index < -0.39 is 11.9 Å². The second kappa shape index (κ2) is 32.7. The van der Waals surface area contributed by atoms with Gasteiger partial charge in [-0.05, 0) is 99.7 Å². The van der Waals surface area contributed by atoms with Gasteiger partial charge in [0.15, 0.2) is 0 Å². The smallest absolute Gasteiger partial charge is 0.390 e. The molecule has 0 spiro atoms. The molecule has 0 bridgehead atoms. The Morgan fingerprint density at radius 2 is 1.20 bits per heavy atom. The molecule has 10 heteroatoms. The summed E-state index contributed by atoms with van der Waals surface area (Å²) in [5, 5.41) is 0.651. The highest BCUT2D eigenvalue weighted by Gasteiger charge is 2.22. The molecule has 330 valence electrons. The Hall–Kier alpha value is -4.04. The van der Waals surface area contributed by atoms with Gasteiger partial charge in [0.2, 0.25) is 0 Å². The van der Waals surface area contributed by atoms with Crippen LogP contribution in [0.3, 0.4) is 0 Å². The molecule has 1 aliphatic rings. The molecule has 0 radical (unpaired) electrons. The second-order valence-corrected chi connectivity index (χ2v) is 16.6. The summed E-state index contributed by atoms with van der Waals surface area (Å²) in [6, 6.07) is 13.5. The zero-order chi connectivity index (χ0) is 42.9. The minimum Gasteiger partial charge on any atom is -0.494 e. The molecule has 3 rings (SSSR count). The third-order valence-electron chi connectivity index (χ3n) is 10.4. The molecule has 0 heterocycles. The number of esters is 3. The number of rotatable bonds is 32. The van der Waals surface area contributed by atoms with Gasteiger partial charge in [-0.25, -0.2) is 14.4 Å². The Morgan fingerprint density at radius 1 is 0.650 bits per heavy atom. The number of carbonyl (C=O) groups excluding carboxylic acids is 3. The third kappa shape index (κ3) is 24.3. The summed E-state index contributed by atoms with van der Waals surface area (Å²) in [5.74, 6) is 6.47. The Morgan fingerprint density at radius 3 is 1.82 bits per heavy atom. The van der Waals surface area contributed by atoms with Gasteiger partial charge in [-0.15, -0.1) is 0 Å². The van der Waals surface area contributed by atoms with Crippen LogP contribution in [0.25, 0.3) is 0 Å². The molecule has 2 aromatic rings. The summed E-state index contributed by atoms with van der Waals surface area (Å²) in [6.07, 6.45) is 24.7. The quantitative estimate of drug-likeness (QED) is 0.0232. The fourth-order valence-electron chi connectivity index (χ4n) is 6.84. The molecule has 1 aliphatic carbocycles. The summed E-state index contributed by atoms with van der Waals surface area (Å²) in [6.45, 7) is 12.1. The topological polar surface area (TPSA) is 107 Å². The Balaban J connectivity index is 1.17. The molecule has 1 fully saturated rings. The van der Waals surface area contributed by atoms with Crippen LogP contribution < -0.4 is 9.47 Å². The van der Waals surface area contributed by atoms with Crippen molar-refractivity contribution < 1.29 is 42.8 Å². The highest BCUT2D eigenvalue weighted by molar-refractivity contribution is 7.99. The van der Waals surface area contributed by atoms with Gasteiger partial charge in [0.25, 0.3) is 0 Å². The van der Waals surface area contributed by atoms with Gasteiger partial charge in [0, 0.05) is 47.9 Å². The average molecular weight is 847 g/mol. The van der Waals surface area contributed by atoms with E-state index in [4.69, 9.17) is 28.4 Å². The van der Waals surface area contributed by atoms with Gasteiger partial charge in [-0.3, -0.25) is 0 Å². The van der Waals surface area contributed by atoms with E-state index in [1.54, 1.807) is 0 Å². The molecule has 60 heavy (non-hydrogen) atoms. The van der Waals surface area contributed by atoms with Gasteiger partial charge in [-0.2, -0.15) is 11.8 Å². The first kappa shape index (κ1) is 50.3. The number of aryl methyl sites for hydroxylation is 1. The number of unbranched alkanes of at least 4 members (excludes halogenated alkanes) is 13. The van der Waals surface area contributed by atoms with Gasteiger partial charge < -0.3 is 28.4 Å². The van der Waals surface area contributed by atoms with Crippen molar-refractivity contribution in [3.8, 4) is 23.3 Å². The van der Waals surface area contributed by atoms with E-state index in [1.165, 1.54) is 63.0 Å². The van der Waals surface area contributed by atoms with E-state index in [2.05, 4.69) is 25.0 Å². The van der Waals surface area contributed by atoms with Gasteiger partial charge >= 0.3 is 17.9 Å². The van der Waals surface area contributed by atoms with E-state index >= 15 is 0 Å². The van der Waals surface area contributed by atoms with Crippen molar-refractivity contribution >= 4 is 29.7 Å². The Bertz CT molecular complexity index is 1590. The summed E-state index contributed by atoms with van der Waals surface area (Å²) < 4.78 is 33.0. The van der Waals surface area contributed by atoms with Crippen molar-refractivity contribution in [2.75, 3.05) is 39.6 Å². The zero-order valence-corrected chi connectivity index (χ0v) is 37.0. The van der Waals surface area contributed by atoms with Crippen molar-refractivity contribution in [1.82, 2.24) is 0 Å². The van der Waals surface area contributed by atoms with Gasteiger partial charge in [0.05, 0.1) is 25.9 Å². The zero-order valence-electron chi connectivity index (χ0n) is 36.2. The third-order valence-corrected chi connectivity index (χ3v) is 11.8. The highest BCUT2D eigenvalue weighted by Crippen LogP contribution is 2.32. The predicted molar refractivity (Wildman–Crippen MR) is 241 cm³/mol. The lowest BCUT2D eigenvalue weighted by Gasteiger charge is -2.28.